The Morgan fingerprint density at radius 1 is 1.20 bits per heavy atom. The van der Waals surface area contributed by atoms with Gasteiger partial charge in [-0.25, -0.2) is 0 Å². The van der Waals surface area contributed by atoms with Gasteiger partial charge in [0.1, 0.15) is 5.75 Å². The smallest absolute Gasteiger partial charge is 0.126 e. The van der Waals surface area contributed by atoms with Crippen molar-refractivity contribution in [1.29, 1.82) is 0 Å². The van der Waals surface area contributed by atoms with E-state index in [1.807, 2.05) is 0 Å². The van der Waals surface area contributed by atoms with E-state index in [0.29, 0.717) is 5.92 Å². The van der Waals surface area contributed by atoms with Gasteiger partial charge < -0.3 is 4.74 Å². The van der Waals surface area contributed by atoms with Crippen LogP contribution in [-0.2, 0) is 0 Å². The lowest BCUT2D eigenvalue weighted by atomic mass is 9.87. The van der Waals surface area contributed by atoms with E-state index < -0.39 is 0 Å². The molecule has 1 rings (SSSR count). The van der Waals surface area contributed by atoms with E-state index in [1.54, 1.807) is 7.11 Å². The van der Waals surface area contributed by atoms with Crippen molar-refractivity contribution < 1.29 is 4.74 Å². The van der Waals surface area contributed by atoms with Crippen LogP contribution in [0.15, 0.2) is 10.5 Å². The summed E-state index contributed by atoms with van der Waals surface area (Å²) in [4.78, 5) is 0. The average Bonchev–Trinajstić information content (AvgIpc) is 2.41. The van der Waals surface area contributed by atoms with Crippen LogP contribution in [0.3, 0.4) is 0 Å². The molecule has 0 aliphatic rings. The Balaban J connectivity index is 3.28. The van der Waals surface area contributed by atoms with Crippen molar-refractivity contribution in [3.8, 4) is 5.75 Å². The van der Waals surface area contributed by atoms with Gasteiger partial charge in [-0.15, -0.1) is 11.6 Å². The second-order valence-electron chi connectivity index (χ2n) is 5.49. The largest absolute Gasteiger partial charge is 0.496 e. The zero-order valence-corrected chi connectivity index (χ0v) is 15.6. The second kappa shape index (κ2) is 8.29. The quantitative estimate of drug-likeness (QED) is 0.499. The van der Waals surface area contributed by atoms with Crippen molar-refractivity contribution in [1.82, 2.24) is 0 Å². The molecule has 1 aromatic carbocycles. The number of aryl methyl sites for hydroxylation is 1. The van der Waals surface area contributed by atoms with Crippen LogP contribution in [0.4, 0.5) is 0 Å². The summed E-state index contributed by atoms with van der Waals surface area (Å²) in [6.07, 6.45) is 4.66. The number of hydrogen-bond donors (Lipinski definition) is 0. The molecule has 1 atom stereocenters. The molecule has 20 heavy (non-hydrogen) atoms. The van der Waals surface area contributed by atoms with E-state index >= 15 is 0 Å². The maximum absolute atomic E-state index is 6.86. The Labute approximate surface area is 137 Å². The standard InChI is InChI=1S/C17H26BrClO/c1-6-8-13(9-7-2)16(19)15-12(4)14(18)10-11(3)17(15)20-5/h10,13,16H,6-9H2,1-5H3. The topological polar surface area (TPSA) is 9.23 Å². The highest BCUT2D eigenvalue weighted by molar-refractivity contribution is 9.10. The molecule has 0 aliphatic carbocycles. The first kappa shape index (κ1) is 17.8. The van der Waals surface area contributed by atoms with Crippen LogP contribution in [0.25, 0.3) is 0 Å². The second-order valence-corrected chi connectivity index (χ2v) is 6.81. The van der Waals surface area contributed by atoms with Gasteiger partial charge in [-0.05, 0) is 49.8 Å². The summed E-state index contributed by atoms with van der Waals surface area (Å²) in [5.41, 5.74) is 3.50. The number of hydrogen-bond acceptors (Lipinski definition) is 1. The zero-order valence-electron chi connectivity index (χ0n) is 13.2. The third-order valence-electron chi connectivity index (χ3n) is 3.92. The Kier molecular flexibility index (Phi) is 7.39. The third-order valence-corrected chi connectivity index (χ3v) is 5.32. The average molecular weight is 362 g/mol. The lowest BCUT2D eigenvalue weighted by Crippen LogP contribution is -2.11. The molecule has 0 aliphatic heterocycles. The van der Waals surface area contributed by atoms with Crippen LogP contribution in [0, 0.1) is 19.8 Å². The monoisotopic (exact) mass is 360 g/mol. The number of benzene rings is 1. The highest BCUT2D eigenvalue weighted by Crippen LogP contribution is 2.44. The van der Waals surface area contributed by atoms with Crippen LogP contribution in [0.2, 0.25) is 0 Å². The van der Waals surface area contributed by atoms with Crippen molar-refractivity contribution in [2.45, 2.75) is 58.8 Å². The molecule has 0 fully saturated rings. The van der Waals surface area contributed by atoms with Crippen molar-refractivity contribution >= 4 is 27.5 Å². The first-order chi connectivity index (χ1) is 9.47. The van der Waals surface area contributed by atoms with Crippen LogP contribution in [0.5, 0.6) is 5.75 Å². The van der Waals surface area contributed by atoms with Gasteiger partial charge >= 0.3 is 0 Å². The normalized spacial score (nSPS) is 12.8. The molecular weight excluding hydrogens is 336 g/mol. The third kappa shape index (κ3) is 3.92. The lowest BCUT2D eigenvalue weighted by molar-refractivity contribution is 0.385. The summed E-state index contributed by atoms with van der Waals surface area (Å²) in [7, 11) is 1.73. The minimum absolute atomic E-state index is 0.0149. The molecule has 0 saturated heterocycles. The Morgan fingerprint density at radius 2 is 1.75 bits per heavy atom. The lowest BCUT2D eigenvalue weighted by Gasteiger charge is -2.26. The first-order valence-corrected chi connectivity index (χ1v) is 8.68. The Hall–Kier alpha value is -0.210. The van der Waals surface area contributed by atoms with Crippen molar-refractivity contribution in [3.05, 3.63) is 27.2 Å². The molecule has 0 spiro atoms. The predicted molar refractivity (Wildman–Crippen MR) is 92.1 cm³/mol. The van der Waals surface area contributed by atoms with E-state index in [-0.39, 0.29) is 5.38 Å². The van der Waals surface area contributed by atoms with Crippen LogP contribution >= 0.6 is 27.5 Å². The number of rotatable bonds is 7. The molecule has 0 heterocycles. The van der Waals surface area contributed by atoms with Crippen molar-refractivity contribution in [3.63, 3.8) is 0 Å². The van der Waals surface area contributed by atoms with Crippen LogP contribution in [0.1, 0.15) is 61.6 Å². The molecule has 1 nitrogen and oxygen atoms in total. The minimum atomic E-state index is 0.0149. The number of methoxy groups -OCH3 is 1. The van der Waals surface area contributed by atoms with E-state index in [4.69, 9.17) is 16.3 Å². The molecule has 114 valence electrons. The van der Waals surface area contributed by atoms with Gasteiger partial charge in [0.25, 0.3) is 0 Å². The fraction of sp³-hybridized carbons (Fsp3) is 0.647. The van der Waals surface area contributed by atoms with Crippen molar-refractivity contribution in [2.75, 3.05) is 7.11 Å². The maximum atomic E-state index is 6.86. The molecule has 0 radical (unpaired) electrons. The molecule has 3 heteroatoms. The summed E-state index contributed by atoms with van der Waals surface area (Å²) < 4.78 is 6.75. The van der Waals surface area contributed by atoms with E-state index in [1.165, 1.54) is 18.4 Å². The van der Waals surface area contributed by atoms with Gasteiger partial charge in [0.2, 0.25) is 0 Å². The molecule has 0 amide bonds. The molecule has 1 aromatic rings. The zero-order chi connectivity index (χ0) is 15.3. The summed E-state index contributed by atoms with van der Waals surface area (Å²) in [5, 5.41) is 0.0149. The molecular formula is C17H26BrClO. The SMILES string of the molecule is CCCC(CCC)C(Cl)c1c(C)c(Br)cc(C)c1OC. The summed E-state index contributed by atoms with van der Waals surface area (Å²) in [5.74, 6) is 1.45. The fourth-order valence-electron chi connectivity index (χ4n) is 2.89. The summed E-state index contributed by atoms with van der Waals surface area (Å²) in [6, 6.07) is 2.11. The summed E-state index contributed by atoms with van der Waals surface area (Å²) in [6.45, 7) is 8.64. The van der Waals surface area contributed by atoms with Crippen LogP contribution < -0.4 is 4.74 Å². The van der Waals surface area contributed by atoms with Gasteiger partial charge in [-0.2, -0.15) is 0 Å². The first-order valence-electron chi connectivity index (χ1n) is 7.45. The molecule has 1 unspecified atom stereocenters. The van der Waals surface area contributed by atoms with Gasteiger partial charge in [-0.1, -0.05) is 42.6 Å². The molecule has 0 saturated carbocycles. The fourth-order valence-corrected chi connectivity index (χ4v) is 3.96. The molecule has 0 bridgehead atoms. The van der Waals surface area contributed by atoms with E-state index in [0.717, 1.165) is 34.2 Å². The number of alkyl halides is 1. The van der Waals surface area contributed by atoms with E-state index in [2.05, 4.69) is 49.7 Å². The highest BCUT2D eigenvalue weighted by Gasteiger charge is 2.26. The Morgan fingerprint density at radius 3 is 2.20 bits per heavy atom. The predicted octanol–water partition coefficient (Wildman–Crippen LogP) is 6.57. The van der Waals surface area contributed by atoms with Gasteiger partial charge in [-0.3, -0.25) is 0 Å². The molecule has 0 aromatic heterocycles. The Bertz CT molecular complexity index is 439. The van der Waals surface area contributed by atoms with Crippen molar-refractivity contribution in [2.24, 2.45) is 5.92 Å². The van der Waals surface area contributed by atoms with Gasteiger partial charge in [0.15, 0.2) is 0 Å². The van der Waals surface area contributed by atoms with E-state index in [9.17, 15) is 0 Å². The van der Waals surface area contributed by atoms with Gasteiger partial charge in [0, 0.05) is 10.0 Å². The summed E-state index contributed by atoms with van der Waals surface area (Å²) >= 11 is 10.5. The number of ether oxygens (including phenoxy) is 1. The molecule has 0 N–H and O–H groups in total. The highest BCUT2D eigenvalue weighted by atomic mass is 79.9. The maximum Gasteiger partial charge on any atom is 0.126 e. The number of halogens is 2. The van der Waals surface area contributed by atoms with Gasteiger partial charge in [0.05, 0.1) is 12.5 Å². The van der Waals surface area contributed by atoms with Crippen LogP contribution in [-0.4, -0.2) is 7.11 Å². The minimum Gasteiger partial charge on any atom is -0.496 e.